The maximum absolute atomic E-state index is 4.99. The van der Waals surface area contributed by atoms with E-state index in [-0.39, 0.29) is 0 Å². The van der Waals surface area contributed by atoms with Crippen LogP contribution in [0, 0.1) is 17.8 Å². The molecule has 5 nitrogen and oxygen atoms in total. The first-order valence-electron chi connectivity index (χ1n) is 10.2. The van der Waals surface area contributed by atoms with Gasteiger partial charge in [-0.15, -0.1) is 0 Å². The molecule has 2 bridgehead atoms. The number of rotatable bonds is 5. The molecular weight excluding hydrogens is 310 g/mol. The van der Waals surface area contributed by atoms with E-state index in [9.17, 15) is 0 Å². The van der Waals surface area contributed by atoms with Crippen LogP contribution in [0.5, 0.6) is 0 Å². The van der Waals surface area contributed by atoms with Crippen LogP contribution in [0.15, 0.2) is 17.4 Å². The van der Waals surface area contributed by atoms with Crippen molar-refractivity contribution in [1.29, 1.82) is 0 Å². The number of hydrogen-bond acceptors (Lipinski definition) is 2. The number of aliphatic imine (C=N–C) groups is 1. The van der Waals surface area contributed by atoms with Crippen LogP contribution in [0.2, 0.25) is 0 Å². The SMILES string of the molecule is CCNC(=NCCC1CC2CCC1C2)N1CCC(c2cnn(C)c2)C1. The van der Waals surface area contributed by atoms with Crippen LogP contribution >= 0.6 is 0 Å². The molecule has 0 radical (unpaired) electrons. The predicted octanol–water partition coefficient (Wildman–Crippen LogP) is 3.00. The highest BCUT2D eigenvalue weighted by Gasteiger charge is 2.38. The van der Waals surface area contributed by atoms with Crippen LogP contribution < -0.4 is 5.32 Å². The molecule has 1 saturated heterocycles. The second-order valence-corrected chi connectivity index (χ2v) is 8.34. The van der Waals surface area contributed by atoms with E-state index < -0.39 is 0 Å². The molecule has 3 aliphatic rings. The summed E-state index contributed by atoms with van der Waals surface area (Å²) in [5.41, 5.74) is 1.36. The molecule has 2 saturated carbocycles. The molecule has 4 rings (SSSR count). The van der Waals surface area contributed by atoms with E-state index in [4.69, 9.17) is 4.99 Å². The van der Waals surface area contributed by atoms with Gasteiger partial charge in [0, 0.05) is 45.3 Å². The Morgan fingerprint density at radius 3 is 2.92 bits per heavy atom. The van der Waals surface area contributed by atoms with Gasteiger partial charge in [0.15, 0.2) is 5.96 Å². The normalized spacial score (nSPS) is 31.9. The summed E-state index contributed by atoms with van der Waals surface area (Å²) in [6, 6.07) is 0. The lowest BCUT2D eigenvalue weighted by Crippen LogP contribution is -2.40. The number of hydrogen-bond donors (Lipinski definition) is 1. The average Bonchev–Trinajstić information content (AvgIpc) is 3.38. The number of likely N-dealkylation sites (tertiary alicyclic amines) is 1. The van der Waals surface area contributed by atoms with Crippen molar-refractivity contribution in [2.75, 3.05) is 26.2 Å². The Kier molecular flexibility index (Phi) is 5.00. The minimum atomic E-state index is 0.586. The Balaban J connectivity index is 1.32. The first kappa shape index (κ1) is 16.9. The molecule has 4 atom stereocenters. The summed E-state index contributed by atoms with van der Waals surface area (Å²) >= 11 is 0. The maximum Gasteiger partial charge on any atom is 0.193 e. The van der Waals surface area contributed by atoms with Crippen LogP contribution in [0.1, 0.15) is 56.9 Å². The molecule has 2 aliphatic carbocycles. The lowest BCUT2D eigenvalue weighted by atomic mass is 9.86. The standard InChI is InChI=1S/C20H33N5/c1-3-21-20(22-8-6-17-11-15-4-5-16(17)10-15)25-9-7-18(14-25)19-12-23-24(2)13-19/h12-13,15-18H,3-11,14H2,1-2H3,(H,21,22). The predicted molar refractivity (Wildman–Crippen MR) is 102 cm³/mol. The van der Waals surface area contributed by atoms with E-state index in [1.165, 1.54) is 44.1 Å². The molecule has 5 heteroatoms. The van der Waals surface area contributed by atoms with Gasteiger partial charge in [0.25, 0.3) is 0 Å². The zero-order valence-electron chi connectivity index (χ0n) is 15.8. The fourth-order valence-electron chi connectivity index (χ4n) is 5.37. The summed E-state index contributed by atoms with van der Waals surface area (Å²) < 4.78 is 1.91. The number of nitrogens with one attached hydrogen (secondary N) is 1. The molecule has 2 heterocycles. The Labute approximate surface area is 151 Å². The third kappa shape index (κ3) is 3.70. The highest BCUT2D eigenvalue weighted by molar-refractivity contribution is 5.80. The molecule has 1 aromatic heterocycles. The molecule has 4 unspecified atom stereocenters. The second kappa shape index (κ2) is 7.38. The van der Waals surface area contributed by atoms with Crippen LogP contribution in [0.4, 0.5) is 0 Å². The minimum absolute atomic E-state index is 0.586. The van der Waals surface area contributed by atoms with Crippen molar-refractivity contribution >= 4 is 5.96 Å². The highest BCUT2D eigenvalue weighted by atomic mass is 15.3. The van der Waals surface area contributed by atoms with Crippen LogP contribution in [-0.2, 0) is 7.05 Å². The van der Waals surface area contributed by atoms with Crippen LogP contribution in [-0.4, -0.2) is 46.8 Å². The van der Waals surface area contributed by atoms with Gasteiger partial charge < -0.3 is 10.2 Å². The lowest BCUT2D eigenvalue weighted by Gasteiger charge is -2.23. The molecule has 3 fully saturated rings. The summed E-state index contributed by atoms with van der Waals surface area (Å²) in [6.07, 6.45) is 12.6. The Morgan fingerprint density at radius 2 is 2.24 bits per heavy atom. The van der Waals surface area contributed by atoms with Crippen molar-refractivity contribution in [1.82, 2.24) is 20.0 Å². The number of fused-ring (bicyclic) bond motifs is 2. The molecule has 25 heavy (non-hydrogen) atoms. The van der Waals surface area contributed by atoms with Gasteiger partial charge in [-0.05, 0) is 62.3 Å². The summed E-state index contributed by atoms with van der Waals surface area (Å²) in [7, 11) is 2.00. The first-order chi connectivity index (χ1) is 12.2. The van der Waals surface area contributed by atoms with Gasteiger partial charge in [-0.1, -0.05) is 6.42 Å². The van der Waals surface area contributed by atoms with Crippen LogP contribution in [0.25, 0.3) is 0 Å². The van der Waals surface area contributed by atoms with Crippen molar-refractivity contribution in [3.63, 3.8) is 0 Å². The highest BCUT2D eigenvalue weighted by Crippen LogP contribution is 2.49. The molecule has 1 aromatic rings. The topological polar surface area (TPSA) is 45.5 Å². The van der Waals surface area contributed by atoms with Gasteiger partial charge in [0.05, 0.1) is 6.20 Å². The van der Waals surface area contributed by atoms with E-state index >= 15 is 0 Å². The van der Waals surface area contributed by atoms with Gasteiger partial charge >= 0.3 is 0 Å². The van der Waals surface area contributed by atoms with Gasteiger partial charge in [-0.3, -0.25) is 9.67 Å². The van der Waals surface area contributed by atoms with E-state index in [0.29, 0.717) is 5.92 Å². The van der Waals surface area contributed by atoms with Crippen molar-refractivity contribution in [3.05, 3.63) is 18.0 Å². The largest absolute Gasteiger partial charge is 0.357 e. The van der Waals surface area contributed by atoms with E-state index in [1.807, 2.05) is 17.9 Å². The number of aryl methyl sites for hydroxylation is 1. The zero-order valence-corrected chi connectivity index (χ0v) is 15.8. The van der Waals surface area contributed by atoms with Gasteiger partial charge in [-0.2, -0.15) is 5.10 Å². The second-order valence-electron chi connectivity index (χ2n) is 8.34. The summed E-state index contributed by atoms with van der Waals surface area (Å²) in [5.74, 6) is 4.72. The maximum atomic E-state index is 4.99. The number of aromatic nitrogens is 2. The molecule has 0 aromatic carbocycles. The van der Waals surface area contributed by atoms with Crippen molar-refractivity contribution in [2.45, 2.75) is 51.4 Å². The van der Waals surface area contributed by atoms with E-state index in [0.717, 1.165) is 49.9 Å². The Morgan fingerprint density at radius 1 is 1.32 bits per heavy atom. The first-order valence-corrected chi connectivity index (χ1v) is 10.2. The lowest BCUT2D eigenvalue weighted by molar-refractivity contribution is 0.318. The van der Waals surface area contributed by atoms with E-state index in [2.05, 4.69) is 28.4 Å². The van der Waals surface area contributed by atoms with Crippen molar-refractivity contribution in [3.8, 4) is 0 Å². The Bertz CT molecular complexity index is 607. The average molecular weight is 344 g/mol. The summed E-state index contributed by atoms with van der Waals surface area (Å²) in [6.45, 7) is 6.26. The third-order valence-corrected chi connectivity index (χ3v) is 6.66. The molecule has 138 valence electrons. The van der Waals surface area contributed by atoms with Gasteiger partial charge in [0.1, 0.15) is 0 Å². The van der Waals surface area contributed by atoms with E-state index in [1.54, 1.807) is 0 Å². The monoisotopic (exact) mass is 343 g/mol. The van der Waals surface area contributed by atoms with Gasteiger partial charge in [-0.25, -0.2) is 0 Å². The third-order valence-electron chi connectivity index (χ3n) is 6.66. The molecule has 0 amide bonds. The fraction of sp³-hybridized carbons (Fsp3) is 0.800. The smallest absolute Gasteiger partial charge is 0.193 e. The number of guanidine groups is 1. The minimum Gasteiger partial charge on any atom is -0.357 e. The Hall–Kier alpha value is -1.52. The van der Waals surface area contributed by atoms with Gasteiger partial charge in [0.2, 0.25) is 0 Å². The number of nitrogens with zero attached hydrogens (tertiary/aromatic N) is 4. The van der Waals surface area contributed by atoms with Crippen LogP contribution in [0.3, 0.4) is 0 Å². The molecule has 1 N–H and O–H groups in total. The molecule has 1 aliphatic heterocycles. The van der Waals surface area contributed by atoms with Crippen molar-refractivity contribution in [2.24, 2.45) is 29.8 Å². The summed E-state index contributed by atoms with van der Waals surface area (Å²) in [5, 5.41) is 7.85. The summed E-state index contributed by atoms with van der Waals surface area (Å²) in [4.78, 5) is 7.43. The molecule has 0 spiro atoms. The zero-order chi connectivity index (χ0) is 17.2. The molecular formula is C20H33N5. The van der Waals surface area contributed by atoms with Crippen molar-refractivity contribution < 1.29 is 0 Å². The fourth-order valence-corrected chi connectivity index (χ4v) is 5.37. The quantitative estimate of drug-likeness (QED) is 0.660.